The molecule has 1 heterocycles. The normalized spacial score (nSPS) is 25.5. The van der Waals surface area contributed by atoms with Gasteiger partial charge in [0.05, 0.1) is 18.8 Å². The second kappa shape index (κ2) is 4.88. The lowest BCUT2D eigenvalue weighted by molar-refractivity contribution is -0.182. The molecule has 1 atom stereocenters. The summed E-state index contributed by atoms with van der Waals surface area (Å²) >= 11 is 4.71. The average Bonchev–Trinajstić information content (AvgIpc) is 2.16. The van der Waals surface area contributed by atoms with Gasteiger partial charge in [0, 0.05) is 0 Å². The third-order valence-electron chi connectivity index (χ3n) is 1.84. The molecule has 6 heteroatoms. The molecule has 1 saturated heterocycles. The van der Waals surface area contributed by atoms with Crippen LogP contribution in [0.2, 0.25) is 0 Å². The summed E-state index contributed by atoms with van der Waals surface area (Å²) in [5, 5.41) is 0.165. The van der Waals surface area contributed by atoms with E-state index in [9.17, 15) is 0 Å². The average molecular weight is 220 g/mol. The summed E-state index contributed by atoms with van der Waals surface area (Å²) in [5.74, 6) is 5.04. The molecular formula is C8H16N2O3S. The van der Waals surface area contributed by atoms with Gasteiger partial charge in [-0.15, -0.1) is 0 Å². The quantitative estimate of drug-likeness (QED) is 0.386. The molecule has 0 saturated carbocycles. The van der Waals surface area contributed by atoms with Gasteiger partial charge in [0.1, 0.15) is 12.7 Å². The number of hydrazine groups is 1. The van der Waals surface area contributed by atoms with Gasteiger partial charge >= 0.3 is 0 Å². The molecule has 1 fully saturated rings. The zero-order chi connectivity index (χ0) is 10.6. The van der Waals surface area contributed by atoms with Crippen LogP contribution in [-0.4, -0.2) is 36.7 Å². The predicted octanol–water partition coefficient (Wildman–Crippen LogP) is -0.0548. The van der Waals surface area contributed by atoms with Gasteiger partial charge in [-0.25, -0.2) is 5.84 Å². The highest BCUT2D eigenvalue weighted by atomic mass is 32.1. The van der Waals surface area contributed by atoms with E-state index < -0.39 is 0 Å². The Morgan fingerprint density at radius 3 is 2.93 bits per heavy atom. The number of thiocarbonyl (C=S) groups is 1. The fourth-order valence-corrected chi connectivity index (χ4v) is 1.10. The summed E-state index contributed by atoms with van der Waals surface area (Å²) < 4.78 is 16.1. The van der Waals surface area contributed by atoms with Crippen molar-refractivity contribution in [1.82, 2.24) is 5.43 Å². The van der Waals surface area contributed by atoms with Crippen LogP contribution in [0.25, 0.3) is 0 Å². The van der Waals surface area contributed by atoms with E-state index in [-0.39, 0.29) is 16.9 Å². The van der Waals surface area contributed by atoms with E-state index in [2.05, 4.69) is 5.43 Å². The molecule has 0 aliphatic carbocycles. The summed E-state index contributed by atoms with van der Waals surface area (Å²) in [6.07, 6.45) is -0.0747. The largest absolute Gasteiger partial charge is 0.467 e. The monoisotopic (exact) mass is 220 g/mol. The smallest absolute Gasteiger partial charge is 0.271 e. The maximum atomic E-state index is 5.54. The maximum absolute atomic E-state index is 5.54. The summed E-state index contributed by atoms with van der Waals surface area (Å²) in [6.45, 7) is 5.40. The van der Waals surface area contributed by atoms with Crippen molar-refractivity contribution in [3.05, 3.63) is 0 Å². The van der Waals surface area contributed by atoms with Crippen LogP contribution in [0.5, 0.6) is 0 Å². The van der Waals surface area contributed by atoms with Crippen LogP contribution in [0.15, 0.2) is 0 Å². The van der Waals surface area contributed by atoms with E-state index in [1.807, 2.05) is 13.8 Å². The molecule has 3 N–H and O–H groups in total. The Kier molecular flexibility index (Phi) is 4.06. The van der Waals surface area contributed by atoms with Crippen LogP contribution in [0.4, 0.5) is 0 Å². The van der Waals surface area contributed by atoms with Crippen molar-refractivity contribution in [1.29, 1.82) is 0 Å². The predicted molar refractivity (Wildman–Crippen MR) is 55.6 cm³/mol. The van der Waals surface area contributed by atoms with Gasteiger partial charge in [-0.2, -0.15) is 0 Å². The lowest BCUT2D eigenvalue weighted by Crippen LogP contribution is -2.45. The highest BCUT2D eigenvalue weighted by Crippen LogP contribution is 2.17. The summed E-state index contributed by atoms with van der Waals surface area (Å²) in [5.41, 5.74) is 2.03. The standard InChI is InChI=1S/C8H16N2O3S/c1-8(2)5-12-6(4-13-8)3-11-7(14)10-9/h6H,3-5,9H2,1-2H3,(H,10,14). The van der Waals surface area contributed by atoms with Crippen molar-refractivity contribution in [3.8, 4) is 0 Å². The van der Waals surface area contributed by atoms with Gasteiger partial charge in [0.2, 0.25) is 0 Å². The minimum atomic E-state index is -0.205. The van der Waals surface area contributed by atoms with E-state index in [1.54, 1.807) is 0 Å². The molecule has 82 valence electrons. The first-order chi connectivity index (χ1) is 6.53. The third kappa shape index (κ3) is 3.75. The topological polar surface area (TPSA) is 65.7 Å². The molecule has 1 unspecified atom stereocenters. The fourth-order valence-electron chi connectivity index (χ4n) is 1.03. The highest BCUT2D eigenvalue weighted by Gasteiger charge is 2.28. The molecule has 1 aliphatic rings. The second-order valence-corrected chi connectivity index (χ2v) is 4.12. The zero-order valence-electron chi connectivity index (χ0n) is 8.41. The zero-order valence-corrected chi connectivity index (χ0v) is 9.23. The van der Waals surface area contributed by atoms with Crippen molar-refractivity contribution in [2.24, 2.45) is 5.84 Å². The first-order valence-corrected chi connectivity index (χ1v) is 4.83. The van der Waals surface area contributed by atoms with E-state index in [1.165, 1.54) is 0 Å². The van der Waals surface area contributed by atoms with Crippen LogP contribution < -0.4 is 11.3 Å². The van der Waals surface area contributed by atoms with Gasteiger partial charge in [0.25, 0.3) is 5.17 Å². The molecular weight excluding hydrogens is 204 g/mol. The van der Waals surface area contributed by atoms with E-state index in [0.29, 0.717) is 19.8 Å². The summed E-state index contributed by atoms with van der Waals surface area (Å²) in [7, 11) is 0. The van der Waals surface area contributed by atoms with E-state index in [4.69, 9.17) is 32.3 Å². The van der Waals surface area contributed by atoms with Crippen LogP contribution in [0.1, 0.15) is 13.8 Å². The number of rotatable bonds is 2. The van der Waals surface area contributed by atoms with Gasteiger partial charge < -0.3 is 14.2 Å². The Morgan fingerprint density at radius 2 is 2.43 bits per heavy atom. The van der Waals surface area contributed by atoms with Crippen LogP contribution in [-0.2, 0) is 14.2 Å². The molecule has 0 aromatic rings. The SMILES string of the molecule is CC1(C)COC(COC(=S)NN)CO1. The molecule has 0 spiro atoms. The Labute approximate surface area is 88.8 Å². The lowest BCUT2D eigenvalue weighted by atomic mass is 10.1. The third-order valence-corrected chi connectivity index (χ3v) is 2.08. The fraction of sp³-hybridized carbons (Fsp3) is 0.875. The van der Waals surface area contributed by atoms with E-state index in [0.717, 1.165) is 0 Å². The van der Waals surface area contributed by atoms with Crippen molar-refractivity contribution in [2.45, 2.75) is 25.6 Å². The molecule has 0 aromatic carbocycles. The van der Waals surface area contributed by atoms with Crippen molar-refractivity contribution in [2.75, 3.05) is 19.8 Å². The molecule has 0 aromatic heterocycles. The Hall–Kier alpha value is -0.430. The van der Waals surface area contributed by atoms with Crippen molar-refractivity contribution in [3.63, 3.8) is 0 Å². The first-order valence-electron chi connectivity index (χ1n) is 4.42. The van der Waals surface area contributed by atoms with Gasteiger partial charge in [-0.1, -0.05) is 0 Å². The first kappa shape index (κ1) is 11.6. The number of nitrogens with one attached hydrogen (secondary N) is 1. The molecule has 1 aliphatic heterocycles. The van der Waals surface area contributed by atoms with Gasteiger partial charge in [-0.3, -0.25) is 5.43 Å². The minimum absolute atomic E-state index is 0.0747. The number of hydrogen-bond donors (Lipinski definition) is 2. The molecule has 1 rings (SSSR count). The molecule has 0 amide bonds. The Morgan fingerprint density at radius 1 is 1.71 bits per heavy atom. The van der Waals surface area contributed by atoms with Crippen molar-refractivity contribution < 1.29 is 14.2 Å². The highest BCUT2D eigenvalue weighted by molar-refractivity contribution is 7.80. The minimum Gasteiger partial charge on any atom is -0.467 e. The van der Waals surface area contributed by atoms with Crippen LogP contribution >= 0.6 is 12.2 Å². The lowest BCUT2D eigenvalue weighted by Gasteiger charge is -2.34. The van der Waals surface area contributed by atoms with Gasteiger partial charge in [-0.05, 0) is 26.1 Å². The van der Waals surface area contributed by atoms with Gasteiger partial charge in [0.15, 0.2) is 0 Å². The number of hydrogen-bond acceptors (Lipinski definition) is 5. The Bertz CT molecular complexity index is 201. The van der Waals surface area contributed by atoms with Crippen LogP contribution in [0.3, 0.4) is 0 Å². The molecule has 0 bridgehead atoms. The second-order valence-electron chi connectivity index (χ2n) is 3.75. The van der Waals surface area contributed by atoms with Crippen molar-refractivity contribution >= 4 is 17.4 Å². The molecule has 14 heavy (non-hydrogen) atoms. The molecule has 5 nitrogen and oxygen atoms in total. The molecule has 0 radical (unpaired) electrons. The Balaban J connectivity index is 2.19. The number of ether oxygens (including phenoxy) is 3. The number of nitrogens with two attached hydrogens (primary N) is 1. The maximum Gasteiger partial charge on any atom is 0.271 e. The van der Waals surface area contributed by atoms with E-state index >= 15 is 0 Å². The summed E-state index contributed by atoms with van der Waals surface area (Å²) in [4.78, 5) is 0. The van der Waals surface area contributed by atoms with Crippen LogP contribution in [0, 0.1) is 0 Å². The summed E-state index contributed by atoms with van der Waals surface area (Å²) in [6, 6.07) is 0.